The van der Waals surface area contributed by atoms with E-state index >= 15 is 0 Å². The number of aliphatic imine (C=N–C) groups is 1. The summed E-state index contributed by atoms with van der Waals surface area (Å²) in [5.41, 5.74) is 1.95. The van der Waals surface area contributed by atoms with Gasteiger partial charge in [0.25, 0.3) is 11.6 Å². The van der Waals surface area contributed by atoms with Crippen LogP contribution in [0.3, 0.4) is 0 Å². The zero-order valence-corrected chi connectivity index (χ0v) is 13.7. The second-order valence-corrected chi connectivity index (χ2v) is 6.08. The quantitative estimate of drug-likeness (QED) is 0.461. The number of nitrogens with zero attached hydrogens (tertiary/aromatic N) is 2. The van der Waals surface area contributed by atoms with Gasteiger partial charge in [-0.2, -0.15) is 0 Å². The Balaban J connectivity index is 2.55. The lowest BCUT2D eigenvalue weighted by Gasteiger charge is -2.09. The molecule has 0 atom stereocenters. The van der Waals surface area contributed by atoms with Crippen LogP contribution < -0.4 is 0 Å². The van der Waals surface area contributed by atoms with Crippen LogP contribution in [0.15, 0.2) is 51.2 Å². The molecule has 0 spiro atoms. The van der Waals surface area contributed by atoms with Gasteiger partial charge in [-0.1, -0.05) is 36.4 Å². The minimum Gasteiger partial charge on any atom is -0.267 e. The van der Waals surface area contributed by atoms with Crippen molar-refractivity contribution in [1.82, 2.24) is 0 Å². The minimum atomic E-state index is -0.544. The van der Waals surface area contributed by atoms with Gasteiger partial charge in [-0.3, -0.25) is 14.9 Å². The molecule has 1 amide bonds. The lowest BCUT2D eigenvalue weighted by molar-refractivity contribution is -0.387. The number of carbonyl (C=O) groups excluding carboxylic acids is 1. The largest absolute Gasteiger partial charge is 0.284 e. The van der Waals surface area contributed by atoms with Crippen LogP contribution in [-0.2, 0) is 6.42 Å². The summed E-state index contributed by atoms with van der Waals surface area (Å²) in [7, 11) is 0. The highest BCUT2D eigenvalue weighted by Gasteiger charge is 2.21. The molecule has 5 nitrogen and oxygen atoms in total. The lowest BCUT2D eigenvalue weighted by Crippen LogP contribution is -2.03. The summed E-state index contributed by atoms with van der Waals surface area (Å²) in [4.78, 5) is 27.5. The summed E-state index contributed by atoms with van der Waals surface area (Å²) in [6, 6.07) is 10.7. The molecule has 0 fully saturated rings. The molecule has 0 radical (unpaired) electrons. The molecule has 2 aromatic rings. The highest BCUT2D eigenvalue weighted by Crippen LogP contribution is 2.37. The fraction of sp³-hybridized carbons (Fsp3) is 0.176. The van der Waals surface area contributed by atoms with Crippen LogP contribution >= 0.6 is 11.8 Å². The second-order valence-electron chi connectivity index (χ2n) is 4.97. The van der Waals surface area contributed by atoms with Crippen LogP contribution in [0.25, 0.3) is 0 Å². The van der Waals surface area contributed by atoms with Crippen LogP contribution in [-0.4, -0.2) is 17.5 Å². The van der Waals surface area contributed by atoms with Crippen molar-refractivity contribution in [2.45, 2.75) is 30.1 Å². The minimum absolute atomic E-state index is 0.0966. The number of aryl methyl sites for hydroxylation is 2. The van der Waals surface area contributed by atoms with E-state index in [1.807, 2.05) is 38.1 Å². The predicted octanol–water partition coefficient (Wildman–Crippen LogP) is 4.46. The van der Waals surface area contributed by atoms with Crippen LogP contribution in [0.4, 0.5) is 5.69 Å². The maximum Gasteiger partial charge on any atom is 0.284 e. The molecular formula is C17H16N2O3S. The van der Waals surface area contributed by atoms with E-state index in [0.717, 1.165) is 16.0 Å². The maximum absolute atomic E-state index is 11.8. The van der Waals surface area contributed by atoms with Gasteiger partial charge >= 0.3 is 0 Å². The summed E-state index contributed by atoms with van der Waals surface area (Å²) in [6.07, 6.45) is 0.579. The molecule has 0 saturated carbocycles. The van der Waals surface area contributed by atoms with E-state index in [1.54, 1.807) is 6.07 Å². The first-order chi connectivity index (χ1) is 11.0. The van der Waals surface area contributed by atoms with E-state index < -0.39 is 10.8 Å². The van der Waals surface area contributed by atoms with E-state index in [4.69, 9.17) is 0 Å². The molecule has 2 rings (SSSR count). The summed E-state index contributed by atoms with van der Waals surface area (Å²) in [5.74, 6) is -0.544. The van der Waals surface area contributed by atoms with Crippen molar-refractivity contribution in [3.05, 3.63) is 63.2 Å². The summed E-state index contributed by atoms with van der Waals surface area (Å²) < 4.78 is 0. The van der Waals surface area contributed by atoms with E-state index in [9.17, 15) is 14.9 Å². The molecule has 0 aromatic heterocycles. The Morgan fingerprint density at radius 2 is 2.09 bits per heavy atom. The highest BCUT2D eigenvalue weighted by atomic mass is 32.2. The van der Waals surface area contributed by atoms with Crippen molar-refractivity contribution in [3.63, 3.8) is 0 Å². The second kappa shape index (κ2) is 7.19. The monoisotopic (exact) mass is 328 g/mol. The number of hydrogen-bond donors (Lipinski definition) is 0. The Morgan fingerprint density at radius 1 is 1.35 bits per heavy atom. The van der Waals surface area contributed by atoms with Crippen molar-refractivity contribution in [3.8, 4) is 0 Å². The Bertz CT molecular complexity index is 787. The molecule has 0 aliphatic heterocycles. The Labute approximate surface area is 138 Å². The third-order valence-corrected chi connectivity index (χ3v) is 4.39. The lowest BCUT2D eigenvalue weighted by atomic mass is 10.0. The van der Waals surface area contributed by atoms with Gasteiger partial charge in [0.1, 0.15) is 0 Å². The molecule has 0 unspecified atom stereocenters. The first kappa shape index (κ1) is 16.9. The average Bonchev–Trinajstić information content (AvgIpc) is 2.53. The average molecular weight is 328 g/mol. The zero-order valence-electron chi connectivity index (χ0n) is 12.9. The molecule has 118 valence electrons. The number of rotatable bonds is 5. The first-order valence-corrected chi connectivity index (χ1v) is 7.84. The van der Waals surface area contributed by atoms with Crippen molar-refractivity contribution in [2.24, 2.45) is 4.99 Å². The third kappa shape index (κ3) is 3.84. The SMILES string of the molecule is C=NC(=O)c1cc([N+](=O)[O-])c(Sc2cccc(C)c2)cc1CC. The molecule has 2 aromatic carbocycles. The van der Waals surface area contributed by atoms with E-state index in [1.165, 1.54) is 17.8 Å². The van der Waals surface area contributed by atoms with E-state index in [0.29, 0.717) is 11.3 Å². The van der Waals surface area contributed by atoms with Gasteiger partial charge in [-0.15, -0.1) is 0 Å². The molecule has 6 heteroatoms. The first-order valence-electron chi connectivity index (χ1n) is 7.03. The predicted molar refractivity (Wildman–Crippen MR) is 91.7 cm³/mol. The fourth-order valence-corrected chi connectivity index (χ4v) is 3.30. The van der Waals surface area contributed by atoms with E-state index in [-0.39, 0.29) is 11.3 Å². The van der Waals surface area contributed by atoms with Crippen LogP contribution in [0.1, 0.15) is 28.4 Å². The van der Waals surface area contributed by atoms with Gasteiger partial charge in [0.2, 0.25) is 0 Å². The van der Waals surface area contributed by atoms with Crippen LogP contribution in [0.5, 0.6) is 0 Å². The van der Waals surface area contributed by atoms with Crippen molar-refractivity contribution >= 4 is 30.1 Å². The number of benzene rings is 2. The number of nitro benzene ring substituents is 1. The van der Waals surface area contributed by atoms with Crippen LogP contribution in [0.2, 0.25) is 0 Å². The molecule has 23 heavy (non-hydrogen) atoms. The van der Waals surface area contributed by atoms with E-state index in [2.05, 4.69) is 11.7 Å². The standard InChI is InChI=1S/C17H16N2O3S/c1-4-12-9-16(23-13-7-5-6-11(2)8-13)15(19(21)22)10-14(12)17(20)18-3/h5-10H,3-4H2,1-2H3. The number of amides is 1. The summed E-state index contributed by atoms with van der Waals surface area (Å²) >= 11 is 1.32. The smallest absolute Gasteiger partial charge is 0.267 e. The third-order valence-electron chi connectivity index (χ3n) is 3.35. The molecular weight excluding hydrogens is 312 g/mol. The maximum atomic E-state index is 11.8. The van der Waals surface area contributed by atoms with Crippen molar-refractivity contribution in [2.75, 3.05) is 0 Å². The Hall–Kier alpha value is -2.47. The highest BCUT2D eigenvalue weighted by molar-refractivity contribution is 7.99. The Kier molecular flexibility index (Phi) is 5.28. The zero-order chi connectivity index (χ0) is 17.0. The topological polar surface area (TPSA) is 72.6 Å². The summed E-state index contributed by atoms with van der Waals surface area (Å²) in [6.45, 7) is 7.07. The molecule has 0 bridgehead atoms. The van der Waals surface area contributed by atoms with Gasteiger partial charge in [0.05, 0.1) is 15.4 Å². The number of hydrogen-bond acceptors (Lipinski definition) is 4. The number of carbonyl (C=O) groups is 1. The molecule has 0 saturated heterocycles. The fourth-order valence-electron chi connectivity index (χ4n) is 2.22. The molecule has 0 aliphatic carbocycles. The molecule has 0 aliphatic rings. The van der Waals surface area contributed by atoms with Gasteiger partial charge in [-0.05, 0) is 43.8 Å². The van der Waals surface area contributed by atoms with Crippen molar-refractivity contribution in [1.29, 1.82) is 0 Å². The van der Waals surface area contributed by atoms with Gasteiger partial charge in [-0.25, -0.2) is 4.99 Å². The number of nitro groups is 1. The van der Waals surface area contributed by atoms with Gasteiger partial charge < -0.3 is 0 Å². The van der Waals surface area contributed by atoms with Crippen LogP contribution in [0, 0.1) is 17.0 Å². The molecule has 0 N–H and O–H groups in total. The van der Waals surface area contributed by atoms with Gasteiger partial charge in [0, 0.05) is 11.0 Å². The van der Waals surface area contributed by atoms with Crippen molar-refractivity contribution < 1.29 is 9.72 Å². The normalized spacial score (nSPS) is 10.3. The molecule has 0 heterocycles. The Morgan fingerprint density at radius 3 is 2.65 bits per heavy atom. The van der Waals surface area contributed by atoms with Gasteiger partial charge in [0.15, 0.2) is 0 Å². The summed E-state index contributed by atoms with van der Waals surface area (Å²) in [5, 5.41) is 11.4.